The average Bonchev–Trinajstić information content (AvgIpc) is 2.92. The van der Waals surface area contributed by atoms with E-state index in [2.05, 4.69) is 10.3 Å². The first-order chi connectivity index (χ1) is 9.08. The van der Waals surface area contributed by atoms with Crippen LogP contribution in [-0.4, -0.2) is 21.7 Å². The van der Waals surface area contributed by atoms with E-state index < -0.39 is 16.7 Å². The Labute approximate surface area is 111 Å². The molecular weight excluding hydrogens is 270 g/mol. The van der Waals surface area contributed by atoms with E-state index in [1.807, 2.05) is 0 Å². The molecule has 1 N–H and O–H groups in total. The maximum atomic E-state index is 11.7. The van der Waals surface area contributed by atoms with E-state index in [-0.39, 0.29) is 11.4 Å². The molecule has 0 radical (unpaired) electrons. The zero-order chi connectivity index (χ0) is 13.8. The SMILES string of the molecule is O=C(NC(=O)c1cccs1)c1ccc([N+](=O)[O-])nc1. The minimum absolute atomic E-state index is 0.0792. The van der Waals surface area contributed by atoms with Crippen LogP contribution < -0.4 is 5.32 Å². The summed E-state index contributed by atoms with van der Waals surface area (Å²) in [5, 5.41) is 14.3. The smallest absolute Gasteiger partial charge is 0.358 e. The van der Waals surface area contributed by atoms with Crippen LogP contribution in [0.15, 0.2) is 35.8 Å². The Hall–Kier alpha value is -2.61. The molecule has 2 amide bonds. The van der Waals surface area contributed by atoms with Gasteiger partial charge in [-0.3, -0.25) is 14.9 Å². The molecule has 0 fully saturated rings. The Morgan fingerprint density at radius 2 is 2.05 bits per heavy atom. The summed E-state index contributed by atoms with van der Waals surface area (Å²) in [6.45, 7) is 0. The number of nitro groups is 1. The van der Waals surface area contributed by atoms with Crippen molar-refractivity contribution in [3.63, 3.8) is 0 Å². The van der Waals surface area contributed by atoms with Gasteiger partial charge in [-0.1, -0.05) is 6.07 Å². The van der Waals surface area contributed by atoms with Crippen LogP contribution in [0.1, 0.15) is 20.0 Å². The lowest BCUT2D eigenvalue weighted by molar-refractivity contribution is -0.389. The summed E-state index contributed by atoms with van der Waals surface area (Å²) in [5.41, 5.74) is 0.0792. The summed E-state index contributed by atoms with van der Waals surface area (Å²) in [6.07, 6.45) is 1.05. The van der Waals surface area contributed by atoms with Crippen molar-refractivity contribution in [2.45, 2.75) is 0 Å². The molecule has 2 aromatic heterocycles. The van der Waals surface area contributed by atoms with Crippen LogP contribution in [-0.2, 0) is 0 Å². The zero-order valence-electron chi connectivity index (χ0n) is 9.40. The molecule has 0 saturated carbocycles. The van der Waals surface area contributed by atoms with Crippen molar-refractivity contribution in [3.05, 3.63) is 56.4 Å². The predicted molar refractivity (Wildman–Crippen MR) is 67.0 cm³/mol. The van der Waals surface area contributed by atoms with Gasteiger partial charge in [-0.05, 0) is 27.4 Å². The fourth-order valence-electron chi connectivity index (χ4n) is 1.27. The van der Waals surface area contributed by atoms with Crippen molar-refractivity contribution >= 4 is 29.0 Å². The molecule has 2 aromatic rings. The quantitative estimate of drug-likeness (QED) is 0.521. The van der Waals surface area contributed by atoms with Crippen LogP contribution >= 0.6 is 11.3 Å². The van der Waals surface area contributed by atoms with E-state index in [0.29, 0.717) is 4.88 Å². The highest BCUT2D eigenvalue weighted by molar-refractivity contribution is 7.12. The lowest BCUT2D eigenvalue weighted by Crippen LogP contribution is -2.29. The number of rotatable bonds is 3. The van der Waals surface area contributed by atoms with Gasteiger partial charge in [-0.25, -0.2) is 0 Å². The number of nitrogens with zero attached hydrogens (tertiary/aromatic N) is 2. The molecule has 0 unspecified atom stereocenters. The maximum absolute atomic E-state index is 11.7. The number of carbonyl (C=O) groups is 2. The van der Waals surface area contributed by atoms with Crippen molar-refractivity contribution in [1.82, 2.24) is 10.3 Å². The Morgan fingerprint density at radius 1 is 1.26 bits per heavy atom. The molecule has 0 aliphatic carbocycles. The van der Waals surface area contributed by atoms with Gasteiger partial charge < -0.3 is 10.1 Å². The average molecular weight is 277 g/mol. The van der Waals surface area contributed by atoms with Gasteiger partial charge >= 0.3 is 5.82 Å². The number of carbonyl (C=O) groups excluding carboxylic acids is 2. The molecule has 0 bridgehead atoms. The van der Waals surface area contributed by atoms with Crippen LogP contribution in [0.5, 0.6) is 0 Å². The number of aromatic nitrogens is 1. The van der Waals surface area contributed by atoms with E-state index in [1.54, 1.807) is 17.5 Å². The molecule has 19 heavy (non-hydrogen) atoms. The van der Waals surface area contributed by atoms with Gasteiger partial charge in [-0.15, -0.1) is 11.3 Å². The molecule has 0 atom stereocenters. The topological polar surface area (TPSA) is 102 Å². The van der Waals surface area contributed by atoms with Crippen molar-refractivity contribution < 1.29 is 14.5 Å². The molecule has 2 rings (SSSR count). The highest BCUT2D eigenvalue weighted by atomic mass is 32.1. The van der Waals surface area contributed by atoms with E-state index in [0.717, 1.165) is 12.3 Å². The van der Waals surface area contributed by atoms with Crippen LogP contribution in [0, 0.1) is 10.1 Å². The lowest BCUT2D eigenvalue weighted by Gasteiger charge is -2.00. The van der Waals surface area contributed by atoms with Gasteiger partial charge in [0.15, 0.2) is 6.20 Å². The number of imide groups is 1. The van der Waals surface area contributed by atoms with Gasteiger partial charge in [0.1, 0.15) is 0 Å². The molecule has 2 heterocycles. The first-order valence-corrected chi connectivity index (χ1v) is 5.95. The molecule has 0 aromatic carbocycles. The van der Waals surface area contributed by atoms with Crippen LogP contribution in [0.25, 0.3) is 0 Å². The number of hydrogen-bond donors (Lipinski definition) is 1. The number of nitrogens with one attached hydrogen (secondary N) is 1. The van der Waals surface area contributed by atoms with E-state index in [9.17, 15) is 19.7 Å². The Balaban J connectivity index is 2.08. The monoisotopic (exact) mass is 277 g/mol. The van der Waals surface area contributed by atoms with Crippen LogP contribution in [0.4, 0.5) is 5.82 Å². The second kappa shape index (κ2) is 5.36. The molecule has 0 aliphatic rings. The third kappa shape index (κ3) is 2.99. The summed E-state index contributed by atoms with van der Waals surface area (Å²) < 4.78 is 0. The fraction of sp³-hybridized carbons (Fsp3) is 0. The predicted octanol–water partition coefficient (Wildman–Crippen LogP) is 1.62. The van der Waals surface area contributed by atoms with Gasteiger partial charge in [0, 0.05) is 6.07 Å². The Bertz CT molecular complexity index is 622. The zero-order valence-corrected chi connectivity index (χ0v) is 10.2. The van der Waals surface area contributed by atoms with E-state index >= 15 is 0 Å². The normalized spacial score (nSPS) is 9.89. The van der Waals surface area contributed by atoms with E-state index in [1.165, 1.54) is 17.4 Å². The van der Waals surface area contributed by atoms with Crippen molar-refractivity contribution in [3.8, 4) is 0 Å². The molecule has 96 valence electrons. The molecule has 0 spiro atoms. The summed E-state index contributed by atoms with van der Waals surface area (Å²) in [5.74, 6) is -1.53. The number of pyridine rings is 1. The largest absolute Gasteiger partial charge is 0.363 e. The number of amides is 2. The van der Waals surface area contributed by atoms with Crippen LogP contribution in [0.2, 0.25) is 0 Å². The first-order valence-electron chi connectivity index (χ1n) is 5.07. The summed E-state index contributed by atoms with van der Waals surface area (Å²) in [4.78, 5) is 37.0. The van der Waals surface area contributed by atoms with Crippen molar-refractivity contribution in [2.75, 3.05) is 0 Å². The highest BCUT2D eigenvalue weighted by Gasteiger charge is 2.15. The minimum Gasteiger partial charge on any atom is -0.358 e. The Morgan fingerprint density at radius 3 is 2.58 bits per heavy atom. The summed E-state index contributed by atoms with van der Waals surface area (Å²) in [6, 6.07) is 5.62. The summed E-state index contributed by atoms with van der Waals surface area (Å²) >= 11 is 1.21. The maximum Gasteiger partial charge on any atom is 0.363 e. The molecule has 8 heteroatoms. The first kappa shape index (κ1) is 12.8. The minimum atomic E-state index is -0.668. The van der Waals surface area contributed by atoms with Gasteiger partial charge in [0.05, 0.1) is 10.4 Å². The molecule has 7 nitrogen and oxygen atoms in total. The van der Waals surface area contributed by atoms with Crippen LogP contribution in [0.3, 0.4) is 0 Å². The molecule has 0 saturated heterocycles. The van der Waals surface area contributed by atoms with Gasteiger partial charge in [0.25, 0.3) is 11.8 Å². The van der Waals surface area contributed by atoms with Gasteiger partial charge in [0.2, 0.25) is 0 Å². The number of hydrogen-bond acceptors (Lipinski definition) is 6. The molecule has 0 aliphatic heterocycles. The second-order valence-corrected chi connectivity index (χ2v) is 4.37. The molecular formula is C11H7N3O4S. The highest BCUT2D eigenvalue weighted by Crippen LogP contribution is 2.10. The lowest BCUT2D eigenvalue weighted by atomic mass is 10.2. The standard InChI is InChI=1S/C11H7N3O4S/c15-10(13-11(16)8-2-1-5-19-8)7-3-4-9(12-6-7)14(17)18/h1-6H,(H,13,15,16). The van der Waals surface area contributed by atoms with Gasteiger partial charge in [-0.2, -0.15) is 0 Å². The fourth-order valence-corrected chi connectivity index (χ4v) is 1.89. The summed E-state index contributed by atoms with van der Waals surface area (Å²) in [7, 11) is 0. The third-order valence-electron chi connectivity index (χ3n) is 2.17. The third-order valence-corrected chi connectivity index (χ3v) is 3.04. The second-order valence-electron chi connectivity index (χ2n) is 3.42. The van der Waals surface area contributed by atoms with E-state index in [4.69, 9.17) is 0 Å². The van der Waals surface area contributed by atoms with Crippen molar-refractivity contribution in [2.24, 2.45) is 0 Å². The Kier molecular flexibility index (Phi) is 3.62. The number of thiophene rings is 1. The van der Waals surface area contributed by atoms with Crippen molar-refractivity contribution in [1.29, 1.82) is 0 Å².